The Kier molecular flexibility index (Phi) is 1.86. The molecule has 1 saturated heterocycles. The summed E-state index contributed by atoms with van der Waals surface area (Å²) in [5.41, 5.74) is 6.58. The standard InChI is InChI=1S/C8H13N3O/c1-6-2-8(12-10-6)5-11-3-7(9)4-11/h2,7H,3-5,9H2,1H3. The van der Waals surface area contributed by atoms with Crippen molar-refractivity contribution in [1.29, 1.82) is 0 Å². The van der Waals surface area contributed by atoms with Crippen LogP contribution >= 0.6 is 0 Å². The maximum atomic E-state index is 5.64. The number of nitrogens with zero attached hydrogens (tertiary/aromatic N) is 2. The van der Waals surface area contributed by atoms with Crippen LogP contribution < -0.4 is 5.73 Å². The number of rotatable bonds is 2. The Morgan fingerprint density at radius 3 is 3.00 bits per heavy atom. The Labute approximate surface area is 71.3 Å². The molecule has 1 aliphatic heterocycles. The molecule has 0 amide bonds. The van der Waals surface area contributed by atoms with Crippen molar-refractivity contribution in [3.63, 3.8) is 0 Å². The van der Waals surface area contributed by atoms with Crippen LogP contribution in [0.2, 0.25) is 0 Å². The first-order valence-electron chi connectivity index (χ1n) is 4.14. The predicted octanol–water partition coefficient (Wildman–Crippen LogP) is 0.126. The van der Waals surface area contributed by atoms with Crippen molar-refractivity contribution in [1.82, 2.24) is 10.1 Å². The molecule has 1 aliphatic rings. The quantitative estimate of drug-likeness (QED) is 0.680. The summed E-state index contributed by atoms with van der Waals surface area (Å²) in [5.74, 6) is 0.930. The van der Waals surface area contributed by atoms with Crippen molar-refractivity contribution in [2.75, 3.05) is 13.1 Å². The molecular weight excluding hydrogens is 154 g/mol. The summed E-state index contributed by atoms with van der Waals surface area (Å²) in [7, 11) is 0. The van der Waals surface area contributed by atoms with E-state index in [1.165, 1.54) is 0 Å². The van der Waals surface area contributed by atoms with E-state index in [2.05, 4.69) is 10.1 Å². The lowest BCUT2D eigenvalue weighted by atomic mass is 10.1. The van der Waals surface area contributed by atoms with Crippen molar-refractivity contribution < 1.29 is 4.52 Å². The van der Waals surface area contributed by atoms with E-state index >= 15 is 0 Å². The van der Waals surface area contributed by atoms with Gasteiger partial charge in [0.05, 0.1) is 12.2 Å². The summed E-state index contributed by atoms with van der Waals surface area (Å²) in [6, 6.07) is 2.32. The molecule has 0 atom stereocenters. The van der Waals surface area contributed by atoms with Crippen LogP contribution in [0.5, 0.6) is 0 Å². The Balaban J connectivity index is 1.88. The van der Waals surface area contributed by atoms with Crippen LogP contribution in [0.25, 0.3) is 0 Å². The largest absolute Gasteiger partial charge is 0.360 e. The minimum Gasteiger partial charge on any atom is -0.360 e. The molecule has 1 aromatic rings. The molecule has 2 rings (SSSR count). The van der Waals surface area contributed by atoms with E-state index in [-0.39, 0.29) is 0 Å². The van der Waals surface area contributed by atoms with Gasteiger partial charge in [0.25, 0.3) is 0 Å². The van der Waals surface area contributed by atoms with Crippen LogP contribution in [0.4, 0.5) is 0 Å². The number of likely N-dealkylation sites (tertiary alicyclic amines) is 1. The van der Waals surface area contributed by atoms with Gasteiger partial charge in [-0.05, 0) is 6.92 Å². The molecule has 1 fully saturated rings. The van der Waals surface area contributed by atoms with Crippen LogP contribution in [-0.2, 0) is 6.54 Å². The minimum atomic E-state index is 0.356. The van der Waals surface area contributed by atoms with Gasteiger partial charge in [0, 0.05) is 25.2 Å². The number of aryl methyl sites for hydroxylation is 1. The molecule has 2 heterocycles. The minimum absolute atomic E-state index is 0.356. The van der Waals surface area contributed by atoms with E-state index in [1.807, 2.05) is 13.0 Å². The highest BCUT2D eigenvalue weighted by Gasteiger charge is 2.23. The second kappa shape index (κ2) is 2.88. The number of nitrogens with two attached hydrogens (primary N) is 1. The molecule has 0 saturated carbocycles. The molecule has 0 aromatic carbocycles. The van der Waals surface area contributed by atoms with Crippen molar-refractivity contribution in [3.8, 4) is 0 Å². The molecule has 1 aromatic heterocycles. The summed E-state index contributed by atoms with van der Waals surface area (Å²) >= 11 is 0. The van der Waals surface area contributed by atoms with E-state index in [0.717, 1.165) is 31.1 Å². The lowest BCUT2D eigenvalue weighted by Gasteiger charge is -2.35. The fourth-order valence-corrected chi connectivity index (χ4v) is 1.45. The first-order chi connectivity index (χ1) is 5.74. The normalized spacial score (nSPS) is 19.5. The lowest BCUT2D eigenvalue weighted by Crippen LogP contribution is -2.54. The van der Waals surface area contributed by atoms with Crippen molar-refractivity contribution in [2.45, 2.75) is 19.5 Å². The van der Waals surface area contributed by atoms with Gasteiger partial charge in [0.15, 0.2) is 5.76 Å². The fourth-order valence-electron chi connectivity index (χ4n) is 1.45. The second-order valence-electron chi connectivity index (χ2n) is 3.39. The van der Waals surface area contributed by atoms with Gasteiger partial charge in [-0.25, -0.2) is 0 Å². The van der Waals surface area contributed by atoms with E-state index in [0.29, 0.717) is 6.04 Å². The Bertz CT molecular complexity index is 265. The first kappa shape index (κ1) is 7.76. The van der Waals surface area contributed by atoms with E-state index in [1.54, 1.807) is 0 Å². The van der Waals surface area contributed by atoms with Crippen LogP contribution in [-0.4, -0.2) is 29.2 Å². The molecule has 0 aliphatic carbocycles. The molecule has 2 N–H and O–H groups in total. The van der Waals surface area contributed by atoms with E-state index < -0.39 is 0 Å². The lowest BCUT2D eigenvalue weighted by molar-refractivity contribution is 0.127. The topological polar surface area (TPSA) is 55.3 Å². The summed E-state index contributed by atoms with van der Waals surface area (Å²) in [6.07, 6.45) is 0. The van der Waals surface area contributed by atoms with Crippen LogP contribution in [0.1, 0.15) is 11.5 Å². The molecule has 4 heteroatoms. The number of aromatic nitrogens is 1. The molecular formula is C8H13N3O. The van der Waals surface area contributed by atoms with Gasteiger partial charge in [0.2, 0.25) is 0 Å². The van der Waals surface area contributed by atoms with Gasteiger partial charge in [0.1, 0.15) is 0 Å². The van der Waals surface area contributed by atoms with Crippen molar-refractivity contribution in [2.24, 2.45) is 5.73 Å². The monoisotopic (exact) mass is 167 g/mol. The third-order valence-electron chi connectivity index (χ3n) is 2.04. The van der Waals surface area contributed by atoms with Crippen molar-refractivity contribution >= 4 is 0 Å². The maximum Gasteiger partial charge on any atom is 0.150 e. The summed E-state index contributed by atoms with van der Waals surface area (Å²) < 4.78 is 5.07. The highest BCUT2D eigenvalue weighted by molar-refractivity contribution is 5.03. The SMILES string of the molecule is Cc1cc(CN2CC(N)C2)on1. The fraction of sp³-hybridized carbons (Fsp3) is 0.625. The van der Waals surface area contributed by atoms with Crippen LogP contribution in [0.15, 0.2) is 10.6 Å². The average Bonchev–Trinajstić information content (AvgIpc) is 2.33. The van der Waals surface area contributed by atoms with Crippen LogP contribution in [0.3, 0.4) is 0 Å². The Morgan fingerprint density at radius 1 is 1.75 bits per heavy atom. The van der Waals surface area contributed by atoms with Gasteiger partial charge >= 0.3 is 0 Å². The predicted molar refractivity (Wildman–Crippen MR) is 44.5 cm³/mol. The number of hydrogen-bond acceptors (Lipinski definition) is 4. The third-order valence-corrected chi connectivity index (χ3v) is 2.04. The highest BCUT2D eigenvalue weighted by atomic mass is 16.5. The first-order valence-corrected chi connectivity index (χ1v) is 4.14. The van der Waals surface area contributed by atoms with Gasteiger partial charge in [-0.3, -0.25) is 4.90 Å². The van der Waals surface area contributed by atoms with E-state index in [4.69, 9.17) is 10.3 Å². The molecule has 0 radical (unpaired) electrons. The summed E-state index contributed by atoms with van der Waals surface area (Å²) in [6.45, 7) is 4.71. The molecule has 4 nitrogen and oxygen atoms in total. The van der Waals surface area contributed by atoms with E-state index in [9.17, 15) is 0 Å². The van der Waals surface area contributed by atoms with Gasteiger partial charge in [-0.1, -0.05) is 5.16 Å². The Hall–Kier alpha value is -0.870. The molecule has 12 heavy (non-hydrogen) atoms. The number of hydrogen-bond donors (Lipinski definition) is 1. The third kappa shape index (κ3) is 1.49. The highest BCUT2D eigenvalue weighted by Crippen LogP contribution is 2.12. The zero-order chi connectivity index (χ0) is 8.55. The van der Waals surface area contributed by atoms with Gasteiger partial charge in [-0.15, -0.1) is 0 Å². The van der Waals surface area contributed by atoms with Crippen LogP contribution in [0, 0.1) is 6.92 Å². The van der Waals surface area contributed by atoms with Crippen molar-refractivity contribution in [3.05, 3.63) is 17.5 Å². The molecule has 0 unspecified atom stereocenters. The van der Waals surface area contributed by atoms with Gasteiger partial charge < -0.3 is 10.3 Å². The molecule has 0 spiro atoms. The smallest absolute Gasteiger partial charge is 0.150 e. The zero-order valence-electron chi connectivity index (χ0n) is 7.16. The second-order valence-corrected chi connectivity index (χ2v) is 3.39. The molecule has 66 valence electrons. The Morgan fingerprint density at radius 2 is 2.50 bits per heavy atom. The van der Waals surface area contributed by atoms with Gasteiger partial charge in [-0.2, -0.15) is 0 Å². The summed E-state index contributed by atoms with van der Waals surface area (Å²) in [5, 5.41) is 3.81. The maximum absolute atomic E-state index is 5.64. The molecule has 0 bridgehead atoms. The zero-order valence-corrected chi connectivity index (χ0v) is 7.16. The summed E-state index contributed by atoms with van der Waals surface area (Å²) in [4.78, 5) is 2.24. The average molecular weight is 167 g/mol.